The molecule has 2 aliphatic rings. The van der Waals surface area contributed by atoms with Gasteiger partial charge in [0, 0.05) is 23.7 Å². The molecule has 2 amide bonds. The van der Waals surface area contributed by atoms with Gasteiger partial charge in [-0.1, -0.05) is 23.7 Å². The van der Waals surface area contributed by atoms with Crippen molar-refractivity contribution in [3.8, 4) is 0 Å². The molecule has 0 aromatic heterocycles. The number of ether oxygens (including phenoxy) is 1. The molecule has 1 unspecified atom stereocenters. The normalized spacial score (nSPS) is 22.3. The predicted molar refractivity (Wildman–Crippen MR) is 81.8 cm³/mol. The van der Waals surface area contributed by atoms with E-state index in [1.54, 1.807) is 0 Å². The lowest BCUT2D eigenvalue weighted by Crippen LogP contribution is -2.37. The van der Waals surface area contributed by atoms with E-state index >= 15 is 0 Å². The molecule has 112 valence electrons. The summed E-state index contributed by atoms with van der Waals surface area (Å²) in [5, 5.41) is 7.75. The molecule has 0 spiro atoms. The van der Waals surface area contributed by atoms with Crippen LogP contribution in [0.2, 0.25) is 5.02 Å². The van der Waals surface area contributed by atoms with Gasteiger partial charge in [0.05, 0.1) is 11.8 Å². The van der Waals surface area contributed by atoms with E-state index in [0.29, 0.717) is 6.54 Å². The van der Waals surface area contributed by atoms with Crippen LogP contribution in [0, 0.1) is 0 Å². The van der Waals surface area contributed by atoms with Crippen molar-refractivity contribution in [1.82, 2.24) is 10.7 Å². The summed E-state index contributed by atoms with van der Waals surface area (Å²) in [5.41, 5.74) is 5.56. The molecule has 0 bridgehead atoms. The summed E-state index contributed by atoms with van der Waals surface area (Å²) < 4.78 is 5.45. The van der Waals surface area contributed by atoms with Gasteiger partial charge in [0.25, 0.3) is 0 Å². The Kier molecular flexibility index (Phi) is 4.41. The van der Waals surface area contributed by atoms with Gasteiger partial charge in [-0.05, 0) is 37.3 Å². The van der Waals surface area contributed by atoms with Crippen molar-refractivity contribution >= 4 is 23.3 Å². The summed E-state index contributed by atoms with van der Waals surface area (Å²) in [4.78, 5) is 11.7. The highest BCUT2D eigenvalue weighted by Crippen LogP contribution is 2.28. The van der Waals surface area contributed by atoms with Crippen LogP contribution in [0.1, 0.15) is 30.4 Å². The first kappa shape index (κ1) is 14.4. The summed E-state index contributed by atoms with van der Waals surface area (Å²) in [6, 6.07) is 5.47. The number of hydrogen-bond acceptors (Lipinski definition) is 3. The van der Waals surface area contributed by atoms with Crippen molar-refractivity contribution in [2.24, 2.45) is 5.10 Å². The molecule has 21 heavy (non-hydrogen) atoms. The molecule has 1 aliphatic carbocycles. The predicted octanol–water partition coefficient (Wildman–Crippen LogP) is 2.47. The fourth-order valence-electron chi connectivity index (χ4n) is 2.75. The van der Waals surface area contributed by atoms with Crippen LogP contribution in [0.4, 0.5) is 4.79 Å². The number of amides is 2. The maximum atomic E-state index is 11.7. The number of hydrogen-bond donors (Lipinski definition) is 2. The fourth-order valence-corrected chi connectivity index (χ4v) is 3.02. The van der Waals surface area contributed by atoms with E-state index in [1.807, 2.05) is 18.2 Å². The smallest absolute Gasteiger partial charge is 0.335 e. The fraction of sp³-hybridized carbons (Fsp3) is 0.467. The highest BCUT2D eigenvalue weighted by molar-refractivity contribution is 6.32. The average Bonchev–Trinajstić information content (AvgIpc) is 3.13. The maximum Gasteiger partial charge on any atom is 0.335 e. The van der Waals surface area contributed by atoms with Gasteiger partial charge in [0.15, 0.2) is 0 Å². The van der Waals surface area contributed by atoms with Gasteiger partial charge < -0.3 is 10.1 Å². The van der Waals surface area contributed by atoms with Crippen LogP contribution in [0.3, 0.4) is 0 Å². The Hall–Kier alpha value is -1.59. The monoisotopic (exact) mass is 307 g/mol. The number of carbonyl (C=O) groups is 1. The van der Waals surface area contributed by atoms with E-state index in [1.165, 1.54) is 0 Å². The van der Waals surface area contributed by atoms with E-state index in [0.717, 1.165) is 54.2 Å². The minimum Gasteiger partial charge on any atom is -0.376 e. The second kappa shape index (κ2) is 6.45. The van der Waals surface area contributed by atoms with Crippen LogP contribution in [-0.4, -0.2) is 31.0 Å². The number of hydrazone groups is 1. The van der Waals surface area contributed by atoms with Crippen molar-refractivity contribution in [1.29, 1.82) is 0 Å². The second-order valence-electron chi connectivity index (χ2n) is 5.28. The van der Waals surface area contributed by atoms with E-state index in [2.05, 4.69) is 15.8 Å². The Labute approximate surface area is 128 Å². The van der Waals surface area contributed by atoms with Gasteiger partial charge in [-0.15, -0.1) is 0 Å². The molecule has 1 saturated heterocycles. The topological polar surface area (TPSA) is 62.7 Å². The summed E-state index contributed by atoms with van der Waals surface area (Å²) in [6.07, 6.45) is 3.86. The quantitative estimate of drug-likeness (QED) is 0.843. The van der Waals surface area contributed by atoms with Gasteiger partial charge in [-0.3, -0.25) is 0 Å². The van der Waals surface area contributed by atoms with E-state index in [9.17, 15) is 4.79 Å². The molecule has 1 fully saturated rings. The number of nitrogens with one attached hydrogen (secondary N) is 2. The van der Waals surface area contributed by atoms with Gasteiger partial charge in [0.2, 0.25) is 0 Å². The third-order valence-corrected chi connectivity index (χ3v) is 4.20. The molecule has 6 heteroatoms. The van der Waals surface area contributed by atoms with Crippen molar-refractivity contribution in [3.63, 3.8) is 0 Å². The molecule has 1 atom stereocenters. The largest absolute Gasteiger partial charge is 0.376 e. The van der Waals surface area contributed by atoms with Crippen molar-refractivity contribution in [2.45, 2.75) is 31.8 Å². The molecule has 0 radical (unpaired) electrons. The molecular weight excluding hydrogens is 290 g/mol. The van der Waals surface area contributed by atoms with Crippen LogP contribution in [0.25, 0.3) is 0 Å². The first-order valence-electron chi connectivity index (χ1n) is 7.24. The zero-order valence-electron chi connectivity index (χ0n) is 11.7. The van der Waals surface area contributed by atoms with Crippen molar-refractivity contribution < 1.29 is 9.53 Å². The molecule has 0 saturated carbocycles. The zero-order chi connectivity index (χ0) is 14.7. The third-order valence-electron chi connectivity index (χ3n) is 3.85. The number of urea groups is 1. The highest BCUT2D eigenvalue weighted by atomic mass is 35.5. The second-order valence-corrected chi connectivity index (χ2v) is 5.69. The van der Waals surface area contributed by atoms with Crippen LogP contribution in [0.5, 0.6) is 0 Å². The Morgan fingerprint density at radius 2 is 2.33 bits per heavy atom. The molecular formula is C15H18ClN3O2. The van der Waals surface area contributed by atoms with Crippen LogP contribution in [0.15, 0.2) is 23.3 Å². The summed E-state index contributed by atoms with van der Waals surface area (Å²) in [5.74, 6) is 0. The van der Waals surface area contributed by atoms with Crippen molar-refractivity contribution in [3.05, 3.63) is 34.3 Å². The third kappa shape index (κ3) is 3.36. The summed E-state index contributed by atoms with van der Waals surface area (Å²) in [6.45, 7) is 1.31. The Bertz CT molecular complexity index is 568. The first-order valence-corrected chi connectivity index (χ1v) is 7.61. The zero-order valence-corrected chi connectivity index (χ0v) is 12.4. The number of nitrogens with zero attached hydrogens (tertiary/aromatic N) is 1. The highest BCUT2D eigenvalue weighted by Gasteiger charge is 2.20. The lowest BCUT2D eigenvalue weighted by molar-refractivity contribution is 0.111. The molecule has 3 rings (SSSR count). The van der Waals surface area contributed by atoms with Crippen molar-refractivity contribution in [2.75, 3.05) is 13.2 Å². The lowest BCUT2D eigenvalue weighted by Gasteiger charge is -2.10. The van der Waals surface area contributed by atoms with Crippen LogP contribution in [-0.2, 0) is 11.2 Å². The summed E-state index contributed by atoms with van der Waals surface area (Å²) in [7, 11) is 0. The van der Waals surface area contributed by atoms with Gasteiger partial charge in [0.1, 0.15) is 0 Å². The molecule has 1 aromatic carbocycles. The summed E-state index contributed by atoms with van der Waals surface area (Å²) >= 11 is 6.15. The minimum atomic E-state index is -0.298. The number of rotatable bonds is 3. The van der Waals surface area contributed by atoms with E-state index in [4.69, 9.17) is 16.3 Å². The molecule has 1 aliphatic heterocycles. The number of carbonyl (C=O) groups excluding carboxylic acids is 1. The number of halogens is 1. The lowest BCUT2D eigenvalue weighted by atomic mass is 10.1. The molecule has 1 aromatic rings. The number of benzene rings is 1. The molecule has 1 heterocycles. The molecule has 2 N–H and O–H groups in total. The Morgan fingerprint density at radius 3 is 3.14 bits per heavy atom. The SMILES string of the molecule is O=C(NCC1CCCO1)N/N=C1/CCc2c(Cl)cccc21. The van der Waals surface area contributed by atoms with Crippen LogP contribution < -0.4 is 10.7 Å². The Morgan fingerprint density at radius 1 is 1.43 bits per heavy atom. The van der Waals surface area contributed by atoms with E-state index < -0.39 is 0 Å². The average molecular weight is 308 g/mol. The maximum absolute atomic E-state index is 11.7. The molecule has 5 nitrogen and oxygen atoms in total. The van der Waals surface area contributed by atoms with E-state index in [-0.39, 0.29) is 12.1 Å². The van der Waals surface area contributed by atoms with Gasteiger partial charge in [-0.25, -0.2) is 10.2 Å². The number of fused-ring (bicyclic) bond motifs is 1. The minimum absolute atomic E-state index is 0.134. The standard InChI is InChI=1S/C15H18ClN3O2/c16-13-5-1-4-12-11(13)6-7-14(12)18-19-15(20)17-9-10-3-2-8-21-10/h1,4-5,10H,2-3,6-9H2,(H2,17,19,20)/b18-14-. The van der Waals surface area contributed by atoms with Gasteiger partial charge >= 0.3 is 6.03 Å². The van der Waals surface area contributed by atoms with Gasteiger partial charge in [-0.2, -0.15) is 5.10 Å². The Balaban J connectivity index is 1.55. The first-order chi connectivity index (χ1) is 10.2. The van der Waals surface area contributed by atoms with Crippen LogP contribution >= 0.6 is 11.6 Å².